The van der Waals surface area contributed by atoms with E-state index in [2.05, 4.69) is 24.8 Å². The van der Waals surface area contributed by atoms with Crippen LogP contribution >= 0.6 is 11.3 Å². The molecule has 1 amide bonds. The maximum absolute atomic E-state index is 13.3. The third kappa shape index (κ3) is 3.21. The zero-order valence-electron chi connectivity index (χ0n) is 16.7. The van der Waals surface area contributed by atoms with E-state index in [1.165, 1.54) is 11.3 Å². The van der Waals surface area contributed by atoms with Gasteiger partial charge in [0.1, 0.15) is 10.6 Å². The molecule has 0 aliphatic carbocycles. The molecule has 0 saturated carbocycles. The van der Waals surface area contributed by atoms with E-state index >= 15 is 0 Å². The van der Waals surface area contributed by atoms with Gasteiger partial charge in [0.05, 0.1) is 23.0 Å². The van der Waals surface area contributed by atoms with Gasteiger partial charge in [0.2, 0.25) is 0 Å². The Hall–Kier alpha value is -3.33. The van der Waals surface area contributed by atoms with Crippen molar-refractivity contribution in [2.45, 2.75) is 13.8 Å². The predicted molar refractivity (Wildman–Crippen MR) is 115 cm³/mol. The first-order chi connectivity index (χ1) is 14.6. The lowest BCUT2D eigenvalue weighted by Crippen LogP contribution is -2.49. The number of thiophene rings is 1. The number of amides is 1. The second kappa shape index (κ2) is 7.49. The number of rotatable bonds is 3. The number of piperazine rings is 1. The molecule has 0 radical (unpaired) electrons. The van der Waals surface area contributed by atoms with Crippen LogP contribution in [0.15, 0.2) is 41.4 Å². The molecular formula is C21H20N6O2S. The molecule has 1 aliphatic heterocycles. The molecule has 1 saturated heterocycles. The summed E-state index contributed by atoms with van der Waals surface area (Å²) in [5, 5.41) is 0.955. The minimum atomic E-state index is 0.0493. The summed E-state index contributed by atoms with van der Waals surface area (Å²) in [6.45, 7) is 6.68. The Morgan fingerprint density at radius 2 is 1.97 bits per heavy atom. The van der Waals surface area contributed by atoms with E-state index in [1.54, 1.807) is 24.9 Å². The van der Waals surface area contributed by atoms with Gasteiger partial charge in [0.25, 0.3) is 5.91 Å². The smallest absolute Gasteiger partial charge is 0.264 e. The van der Waals surface area contributed by atoms with Crippen molar-refractivity contribution in [3.05, 3.63) is 53.1 Å². The number of carbonyl (C=O) groups is 1. The van der Waals surface area contributed by atoms with Crippen molar-refractivity contribution in [1.82, 2.24) is 24.8 Å². The van der Waals surface area contributed by atoms with Crippen LogP contribution in [0.5, 0.6) is 0 Å². The summed E-state index contributed by atoms with van der Waals surface area (Å²) >= 11 is 1.43. The maximum Gasteiger partial charge on any atom is 0.264 e. The highest BCUT2D eigenvalue weighted by Crippen LogP contribution is 2.34. The Labute approximate surface area is 177 Å². The second-order valence-corrected chi connectivity index (χ2v) is 8.19. The van der Waals surface area contributed by atoms with Gasteiger partial charge in [-0.15, -0.1) is 11.3 Å². The van der Waals surface area contributed by atoms with E-state index in [4.69, 9.17) is 4.42 Å². The minimum Gasteiger partial charge on any atom is -0.461 e. The third-order valence-electron chi connectivity index (χ3n) is 5.35. The molecule has 4 aromatic rings. The van der Waals surface area contributed by atoms with Gasteiger partial charge in [-0.2, -0.15) is 0 Å². The molecule has 0 atom stereocenters. The topological polar surface area (TPSA) is 88.3 Å². The number of furan rings is 1. The summed E-state index contributed by atoms with van der Waals surface area (Å²) in [6, 6.07) is 3.65. The van der Waals surface area contributed by atoms with Crippen molar-refractivity contribution in [3.8, 4) is 11.6 Å². The van der Waals surface area contributed by atoms with E-state index in [0.29, 0.717) is 24.7 Å². The van der Waals surface area contributed by atoms with Crippen LogP contribution in [0, 0.1) is 13.8 Å². The van der Waals surface area contributed by atoms with Crippen molar-refractivity contribution < 1.29 is 9.21 Å². The molecule has 30 heavy (non-hydrogen) atoms. The van der Waals surface area contributed by atoms with Gasteiger partial charge in [0.15, 0.2) is 11.6 Å². The highest BCUT2D eigenvalue weighted by Gasteiger charge is 2.27. The Bertz CT molecular complexity index is 1200. The molecule has 5 rings (SSSR count). The summed E-state index contributed by atoms with van der Waals surface area (Å²) in [4.78, 5) is 36.6. The largest absolute Gasteiger partial charge is 0.461 e. The predicted octanol–water partition coefficient (Wildman–Crippen LogP) is 3.32. The molecule has 0 N–H and O–H groups in total. The van der Waals surface area contributed by atoms with E-state index in [1.807, 2.05) is 30.9 Å². The number of hydrogen-bond donors (Lipinski definition) is 0. The number of nitrogens with zero attached hydrogens (tertiary/aromatic N) is 6. The van der Waals surface area contributed by atoms with E-state index in [-0.39, 0.29) is 5.91 Å². The number of fused-ring (bicyclic) bond motifs is 1. The number of carbonyl (C=O) groups excluding carboxylic acids is 1. The Kier molecular flexibility index (Phi) is 4.66. The van der Waals surface area contributed by atoms with Gasteiger partial charge in [-0.05, 0) is 31.5 Å². The molecule has 1 fully saturated rings. The summed E-state index contributed by atoms with van der Waals surface area (Å²) in [5.41, 5.74) is 1.80. The summed E-state index contributed by atoms with van der Waals surface area (Å²) in [5.74, 6) is 2.06. The van der Waals surface area contributed by atoms with E-state index in [9.17, 15) is 4.79 Å². The SMILES string of the molecule is Cc1nc(-c2ccco2)nc2sc(C(=O)N3CCN(c4cnccn4)CC3)c(C)c12. The van der Waals surface area contributed by atoms with E-state index < -0.39 is 0 Å². The summed E-state index contributed by atoms with van der Waals surface area (Å²) in [7, 11) is 0. The molecule has 1 aliphatic rings. The molecule has 0 bridgehead atoms. The van der Waals surface area contributed by atoms with Gasteiger partial charge in [0, 0.05) is 44.0 Å². The maximum atomic E-state index is 13.3. The number of anilines is 1. The summed E-state index contributed by atoms with van der Waals surface area (Å²) in [6.07, 6.45) is 6.71. The van der Waals surface area contributed by atoms with Crippen molar-refractivity contribution in [2.24, 2.45) is 0 Å². The molecule has 8 nitrogen and oxygen atoms in total. The summed E-state index contributed by atoms with van der Waals surface area (Å²) < 4.78 is 5.44. The number of aromatic nitrogens is 4. The molecule has 0 aromatic carbocycles. The number of hydrogen-bond acceptors (Lipinski definition) is 8. The normalized spacial score (nSPS) is 14.5. The van der Waals surface area contributed by atoms with E-state index in [0.717, 1.165) is 45.3 Å². The molecular weight excluding hydrogens is 400 g/mol. The van der Waals surface area contributed by atoms with Crippen molar-refractivity contribution in [2.75, 3.05) is 31.1 Å². The standard InChI is InChI=1S/C21H20N6O2S/c1-13-17-14(2)24-19(15-4-3-11-29-15)25-20(17)30-18(13)21(28)27-9-7-26(8-10-27)16-12-22-5-6-23-16/h3-6,11-12H,7-10H2,1-2H3. The van der Waals surface area contributed by atoms with Crippen molar-refractivity contribution >= 4 is 33.3 Å². The highest BCUT2D eigenvalue weighted by molar-refractivity contribution is 7.20. The first-order valence-electron chi connectivity index (χ1n) is 9.73. The molecule has 5 heterocycles. The zero-order chi connectivity index (χ0) is 20.7. The molecule has 152 valence electrons. The fourth-order valence-corrected chi connectivity index (χ4v) is 5.00. The minimum absolute atomic E-state index is 0.0493. The first-order valence-corrected chi connectivity index (χ1v) is 10.6. The van der Waals surface area contributed by atoms with Crippen molar-refractivity contribution in [1.29, 1.82) is 0 Å². The third-order valence-corrected chi connectivity index (χ3v) is 6.52. The number of aryl methyl sites for hydroxylation is 2. The van der Waals surface area contributed by atoms with Crippen LogP contribution in [-0.4, -0.2) is 56.9 Å². The molecule has 0 unspecified atom stereocenters. The molecule has 9 heteroatoms. The second-order valence-electron chi connectivity index (χ2n) is 7.19. The first kappa shape index (κ1) is 18.7. The monoisotopic (exact) mass is 420 g/mol. The lowest BCUT2D eigenvalue weighted by Gasteiger charge is -2.35. The lowest BCUT2D eigenvalue weighted by molar-refractivity contribution is 0.0751. The van der Waals surface area contributed by atoms with Crippen LogP contribution in [0.3, 0.4) is 0 Å². The fourth-order valence-electron chi connectivity index (χ4n) is 3.80. The van der Waals surface area contributed by atoms with Crippen LogP contribution in [-0.2, 0) is 0 Å². The Morgan fingerprint density at radius 1 is 1.13 bits per heavy atom. The highest BCUT2D eigenvalue weighted by atomic mass is 32.1. The van der Waals surface area contributed by atoms with Crippen LogP contribution in [0.25, 0.3) is 21.8 Å². The van der Waals surface area contributed by atoms with Crippen LogP contribution < -0.4 is 4.90 Å². The quantitative estimate of drug-likeness (QED) is 0.502. The average molecular weight is 420 g/mol. The molecule has 0 spiro atoms. The van der Waals surface area contributed by atoms with Gasteiger partial charge >= 0.3 is 0 Å². The van der Waals surface area contributed by atoms with Gasteiger partial charge in [-0.3, -0.25) is 9.78 Å². The van der Waals surface area contributed by atoms with Crippen LogP contribution in [0.4, 0.5) is 5.82 Å². The van der Waals surface area contributed by atoms with Crippen LogP contribution in [0.2, 0.25) is 0 Å². The van der Waals surface area contributed by atoms with Gasteiger partial charge in [-0.1, -0.05) is 0 Å². The lowest BCUT2D eigenvalue weighted by atomic mass is 10.1. The van der Waals surface area contributed by atoms with Crippen LogP contribution in [0.1, 0.15) is 20.9 Å². The Balaban J connectivity index is 1.40. The average Bonchev–Trinajstić information content (AvgIpc) is 3.43. The van der Waals surface area contributed by atoms with Gasteiger partial charge in [-0.25, -0.2) is 15.0 Å². The van der Waals surface area contributed by atoms with Gasteiger partial charge < -0.3 is 14.2 Å². The van der Waals surface area contributed by atoms with Crippen molar-refractivity contribution in [3.63, 3.8) is 0 Å². The Morgan fingerprint density at radius 3 is 2.67 bits per heavy atom. The molecule has 4 aromatic heterocycles. The fraction of sp³-hybridized carbons (Fsp3) is 0.286. The zero-order valence-corrected chi connectivity index (χ0v) is 17.5.